The van der Waals surface area contributed by atoms with Crippen molar-refractivity contribution in [3.63, 3.8) is 0 Å². The van der Waals surface area contributed by atoms with Crippen molar-refractivity contribution in [2.75, 3.05) is 12.4 Å². The first kappa shape index (κ1) is 13.0. The number of alkyl halides is 1. The van der Waals surface area contributed by atoms with Crippen LogP contribution in [0.4, 0.5) is 4.79 Å². The molecule has 0 spiro atoms. The van der Waals surface area contributed by atoms with E-state index < -0.39 is 0 Å². The van der Waals surface area contributed by atoms with Gasteiger partial charge in [0.2, 0.25) is 0 Å². The number of halogens is 1. The Labute approximate surface area is 112 Å². The average Bonchev–Trinajstić information content (AvgIpc) is 2.45. The van der Waals surface area contributed by atoms with Crippen molar-refractivity contribution < 1.29 is 9.53 Å². The molecule has 18 heavy (non-hydrogen) atoms. The number of carbonyl (C=O) groups is 1. The molecule has 4 heteroatoms. The van der Waals surface area contributed by atoms with Crippen molar-refractivity contribution >= 4 is 17.7 Å². The number of ether oxygens (including phenoxy) is 1. The van der Waals surface area contributed by atoms with Crippen LogP contribution in [0, 0.1) is 0 Å². The first-order valence-electron chi connectivity index (χ1n) is 5.99. The highest BCUT2D eigenvalue weighted by Crippen LogP contribution is 2.15. The number of nitrogens with zero attached hydrogens (tertiary/aromatic N) is 1. The lowest BCUT2D eigenvalue weighted by atomic mass is 10.1. The van der Waals surface area contributed by atoms with Gasteiger partial charge >= 0.3 is 6.09 Å². The highest BCUT2D eigenvalue weighted by Gasteiger charge is 2.24. The van der Waals surface area contributed by atoms with Crippen LogP contribution in [0.1, 0.15) is 12.0 Å². The summed E-state index contributed by atoms with van der Waals surface area (Å²) in [6.45, 7) is 0.875. The molecule has 1 unspecified atom stereocenters. The molecule has 2 rings (SSSR count). The highest BCUT2D eigenvalue weighted by molar-refractivity contribution is 6.18. The van der Waals surface area contributed by atoms with Gasteiger partial charge in [0.25, 0.3) is 0 Å². The van der Waals surface area contributed by atoms with E-state index in [1.54, 1.807) is 4.90 Å². The number of amides is 1. The maximum absolute atomic E-state index is 12.0. The van der Waals surface area contributed by atoms with Gasteiger partial charge in [-0.3, -0.25) is 4.90 Å². The Kier molecular flexibility index (Phi) is 4.65. The smallest absolute Gasteiger partial charge is 0.410 e. The molecular weight excluding hydrogens is 250 g/mol. The van der Waals surface area contributed by atoms with E-state index in [-0.39, 0.29) is 12.1 Å². The van der Waals surface area contributed by atoms with E-state index in [1.807, 2.05) is 42.5 Å². The van der Waals surface area contributed by atoms with Gasteiger partial charge in [-0.1, -0.05) is 42.5 Å². The Morgan fingerprint density at radius 3 is 2.83 bits per heavy atom. The van der Waals surface area contributed by atoms with Gasteiger partial charge in [0.1, 0.15) is 6.61 Å². The molecule has 1 heterocycles. The fourth-order valence-electron chi connectivity index (χ4n) is 1.89. The number of carbonyl (C=O) groups excluding carboxylic acids is 1. The Bertz CT molecular complexity index is 419. The number of benzene rings is 1. The summed E-state index contributed by atoms with van der Waals surface area (Å²) in [6.07, 6.45) is 4.51. The molecular formula is C14H16ClNO2. The molecule has 1 atom stereocenters. The van der Waals surface area contributed by atoms with Crippen LogP contribution < -0.4 is 0 Å². The monoisotopic (exact) mass is 265 g/mol. The summed E-state index contributed by atoms with van der Waals surface area (Å²) in [6, 6.07) is 9.69. The predicted molar refractivity (Wildman–Crippen MR) is 71.6 cm³/mol. The van der Waals surface area contributed by atoms with Crippen molar-refractivity contribution in [2.24, 2.45) is 0 Å². The molecule has 0 radical (unpaired) electrons. The van der Waals surface area contributed by atoms with Crippen LogP contribution in [-0.4, -0.2) is 29.5 Å². The first-order valence-corrected chi connectivity index (χ1v) is 6.53. The third-order valence-corrected chi connectivity index (χ3v) is 3.29. The minimum absolute atomic E-state index is 0.0416. The second kappa shape index (κ2) is 6.45. The molecule has 1 aliphatic rings. The largest absolute Gasteiger partial charge is 0.445 e. The average molecular weight is 266 g/mol. The van der Waals surface area contributed by atoms with Gasteiger partial charge in [0.05, 0.1) is 6.04 Å². The summed E-state index contributed by atoms with van der Waals surface area (Å²) in [7, 11) is 0. The molecule has 0 saturated heterocycles. The first-order chi connectivity index (χ1) is 8.81. The minimum atomic E-state index is -0.297. The SMILES string of the molecule is O=C(OCc1ccccc1)N1CC=CCC1CCl. The fourth-order valence-corrected chi connectivity index (χ4v) is 2.18. The summed E-state index contributed by atoms with van der Waals surface area (Å²) in [4.78, 5) is 13.6. The lowest BCUT2D eigenvalue weighted by molar-refractivity contribution is 0.0869. The van der Waals surface area contributed by atoms with Gasteiger partial charge in [-0.2, -0.15) is 0 Å². The quantitative estimate of drug-likeness (QED) is 0.620. The maximum Gasteiger partial charge on any atom is 0.410 e. The van der Waals surface area contributed by atoms with Gasteiger partial charge in [-0.05, 0) is 12.0 Å². The van der Waals surface area contributed by atoms with E-state index >= 15 is 0 Å². The third kappa shape index (κ3) is 3.26. The van der Waals surface area contributed by atoms with Crippen LogP contribution in [0.5, 0.6) is 0 Å². The van der Waals surface area contributed by atoms with Crippen molar-refractivity contribution in [3.8, 4) is 0 Å². The zero-order valence-corrected chi connectivity index (χ0v) is 10.8. The molecule has 96 valence electrons. The fraction of sp³-hybridized carbons (Fsp3) is 0.357. The predicted octanol–water partition coefficient (Wildman–Crippen LogP) is 3.19. The second-order valence-electron chi connectivity index (χ2n) is 4.21. The minimum Gasteiger partial charge on any atom is -0.445 e. The van der Waals surface area contributed by atoms with E-state index in [9.17, 15) is 4.79 Å². The zero-order chi connectivity index (χ0) is 12.8. The lowest BCUT2D eigenvalue weighted by Gasteiger charge is -2.30. The number of hydrogen-bond acceptors (Lipinski definition) is 2. The molecule has 0 bridgehead atoms. The van der Waals surface area contributed by atoms with Crippen LogP contribution >= 0.6 is 11.6 Å². The van der Waals surface area contributed by atoms with Gasteiger partial charge in [-0.25, -0.2) is 4.79 Å². The lowest BCUT2D eigenvalue weighted by Crippen LogP contribution is -2.43. The molecule has 1 aromatic rings. The normalized spacial score (nSPS) is 18.7. The van der Waals surface area contributed by atoms with Crippen molar-refractivity contribution in [1.82, 2.24) is 4.90 Å². The standard InChI is InChI=1S/C14H16ClNO2/c15-10-13-8-4-5-9-16(13)14(17)18-11-12-6-2-1-3-7-12/h1-7,13H,8-11H2. The zero-order valence-electron chi connectivity index (χ0n) is 10.1. The van der Waals surface area contributed by atoms with Crippen LogP contribution in [0.25, 0.3) is 0 Å². The van der Waals surface area contributed by atoms with Gasteiger partial charge in [0.15, 0.2) is 0 Å². The molecule has 0 fully saturated rings. The molecule has 3 nitrogen and oxygen atoms in total. The van der Waals surface area contributed by atoms with E-state index in [4.69, 9.17) is 16.3 Å². The summed E-state index contributed by atoms with van der Waals surface area (Å²) in [5.74, 6) is 0.435. The summed E-state index contributed by atoms with van der Waals surface area (Å²) in [5, 5.41) is 0. The Morgan fingerprint density at radius 2 is 2.11 bits per heavy atom. The Balaban J connectivity index is 1.89. The topological polar surface area (TPSA) is 29.5 Å². The summed E-state index contributed by atoms with van der Waals surface area (Å²) >= 11 is 5.85. The van der Waals surface area contributed by atoms with Crippen molar-refractivity contribution in [2.45, 2.75) is 19.1 Å². The van der Waals surface area contributed by atoms with Crippen molar-refractivity contribution in [3.05, 3.63) is 48.0 Å². The number of rotatable bonds is 3. The van der Waals surface area contributed by atoms with E-state index in [0.717, 1.165) is 12.0 Å². The Morgan fingerprint density at radius 1 is 1.33 bits per heavy atom. The molecule has 0 N–H and O–H groups in total. The highest BCUT2D eigenvalue weighted by atomic mass is 35.5. The van der Waals surface area contributed by atoms with Crippen LogP contribution in [0.15, 0.2) is 42.5 Å². The molecule has 0 aromatic heterocycles. The van der Waals surface area contributed by atoms with E-state index in [0.29, 0.717) is 19.0 Å². The summed E-state index contributed by atoms with van der Waals surface area (Å²) in [5.41, 5.74) is 0.987. The van der Waals surface area contributed by atoms with Gasteiger partial charge in [-0.15, -0.1) is 11.6 Å². The molecule has 0 aliphatic carbocycles. The van der Waals surface area contributed by atoms with Gasteiger partial charge in [0, 0.05) is 12.4 Å². The van der Waals surface area contributed by atoms with Gasteiger partial charge < -0.3 is 4.74 Å². The number of hydrogen-bond donors (Lipinski definition) is 0. The van der Waals surface area contributed by atoms with E-state index in [2.05, 4.69) is 0 Å². The Hall–Kier alpha value is -1.48. The molecule has 1 amide bonds. The van der Waals surface area contributed by atoms with Crippen LogP contribution in [-0.2, 0) is 11.3 Å². The van der Waals surface area contributed by atoms with Crippen LogP contribution in [0.3, 0.4) is 0 Å². The molecule has 1 aliphatic heterocycles. The summed E-state index contributed by atoms with van der Waals surface area (Å²) < 4.78 is 5.29. The van der Waals surface area contributed by atoms with Crippen molar-refractivity contribution in [1.29, 1.82) is 0 Å². The van der Waals surface area contributed by atoms with E-state index in [1.165, 1.54) is 0 Å². The molecule has 1 aromatic carbocycles. The maximum atomic E-state index is 12.0. The second-order valence-corrected chi connectivity index (χ2v) is 4.52. The van der Waals surface area contributed by atoms with Crippen LogP contribution in [0.2, 0.25) is 0 Å². The molecule has 0 saturated carbocycles. The third-order valence-electron chi connectivity index (χ3n) is 2.94.